The van der Waals surface area contributed by atoms with Crippen molar-refractivity contribution in [3.8, 4) is 0 Å². The highest BCUT2D eigenvalue weighted by atomic mass is 15.3. The van der Waals surface area contributed by atoms with Crippen molar-refractivity contribution >= 4 is 0 Å². The van der Waals surface area contributed by atoms with Gasteiger partial charge in [-0.05, 0) is 50.5 Å². The molecule has 16 heavy (non-hydrogen) atoms. The van der Waals surface area contributed by atoms with E-state index < -0.39 is 0 Å². The first-order valence-corrected chi connectivity index (χ1v) is 7.06. The molecule has 3 unspecified atom stereocenters. The lowest BCUT2D eigenvalue weighted by Crippen LogP contribution is -2.55. The van der Waals surface area contributed by atoms with Crippen molar-refractivity contribution in [2.45, 2.75) is 64.5 Å². The summed E-state index contributed by atoms with van der Waals surface area (Å²) in [5.41, 5.74) is 6.48. The molecule has 0 amide bonds. The van der Waals surface area contributed by atoms with Crippen molar-refractivity contribution in [1.82, 2.24) is 4.90 Å². The highest BCUT2D eigenvalue weighted by Crippen LogP contribution is 2.42. The molecular weight excluding hydrogens is 196 g/mol. The van der Waals surface area contributed by atoms with Gasteiger partial charge < -0.3 is 5.73 Å². The van der Waals surface area contributed by atoms with Gasteiger partial charge in [0.15, 0.2) is 0 Å². The van der Waals surface area contributed by atoms with Crippen LogP contribution in [0.4, 0.5) is 0 Å². The van der Waals surface area contributed by atoms with Gasteiger partial charge in [0.25, 0.3) is 0 Å². The molecule has 94 valence electrons. The number of hydrogen-bond donors (Lipinski definition) is 1. The topological polar surface area (TPSA) is 29.3 Å². The zero-order valence-corrected chi connectivity index (χ0v) is 11.2. The van der Waals surface area contributed by atoms with Crippen molar-refractivity contribution in [2.24, 2.45) is 17.6 Å². The van der Waals surface area contributed by atoms with E-state index in [1.54, 1.807) is 0 Å². The summed E-state index contributed by atoms with van der Waals surface area (Å²) in [5.74, 6) is 1.65. The Labute approximate surface area is 101 Å². The lowest BCUT2D eigenvalue weighted by atomic mass is 9.90. The fourth-order valence-electron chi connectivity index (χ4n) is 4.01. The first-order valence-electron chi connectivity index (χ1n) is 7.06. The minimum Gasteiger partial charge on any atom is -0.329 e. The summed E-state index contributed by atoms with van der Waals surface area (Å²) in [6.07, 6.45) is 6.78. The quantitative estimate of drug-likeness (QED) is 0.798. The van der Waals surface area contributed by atoms with E-state index in [2.05, 4.69) is 25.7 Å². The van der Waals surface area contributed by atoms with Gasteiger partial charge in [-0.3, -0.25) is 4.90 Å². The van der Waals surface area contributed by atoms with Gasteiger partial charge in [0.1, 0.15) is 0 Å². The Balaban J connectivity index is 2.14. The Bertz CT molecular complexity index is 239. The second-order valence-corrected chi connectivity index (χ2v) is 6.42. The predicted octanol–water partition coefficient (Wildman–Crippen LogP) is 2.62. The van der Waals surface area contributed by atoms with Crippen molar-refractivity contribution in [3.63, 3.8) is 0 Å². The Morgan fingerprint density at radius 1 is 1.38 bits per heavy atom. The number of rotatable bonds is 3. The summed E-state index contributed by atoms with van der Waals surface area (Å²) in [4.78, 5) is 2.78. The molecule has 0 bridgehead atoms. The van der Waals surface area contributed by atoms with E-state index in [9.17, 15) is 0 Å². The molecule has 1 heterocycles. The van der Waals surface area contributed by atoms with Gasteiger partial charge in [0.2, 0.25) is 0 Å². The Morgan fingerprint density at radius 3 is 2.62 bits per heavy atom. The Hall–Kier alpha value is -0.0800. The monoisotopic (exact) mass is 224 g/mol. The average molecular weight is 224 g/mol. The SMILES string of the molecule is CC1CCC(CN)(N2CCCC2C(C)C)C1. The zero-order chi connectivity index (χ0) is 11.8. The van der Waals surface area contributed by atoms with Crippen LogP contribution < -0.4 is 5.73 Å². The molecule has 1 saturated carbocycles. The van der Waals surface area contributed by atoms with Crippen LogP contribution in [0.25, 0.3) is 0 Å². The zero-order valence-electron chi connectivity index (χ0n) is 11.2. The fourth-order valence-corrected chi connectivity index (χ4v) is 4.01. The second kappa shape index (κ2) is 4.66. The summed E-state index contributed by atoms with van der Waals surface area (Å²) < 4.78 is 0. The van der Waals surface area contributed by atoms with E-state index in [1.165, 1.54) is 38.6 Å². The van der Waals surface area contributed by atoms with E-state index in [0.29, 0.717) is 5.54 Å². The predicted molar refractivity (Wildman–Crippen MR) is 69.4 cm³/mol. The number of likely N-dealkylation sites (tertiary alicyclic amines) is 1. The molecular formula is C14H28N2. The van der Waals surface area contributed by atoms with Crippen molar-refractivity contribution in [2.75, 3.05) is 13.1 Å². The molecule has 1 saturated heterocycles. The van der Waals surface area contributed by atoms with Crippen LogP contribution in [0.3, 0.4) is 0 Å². The van der Waals surface area contributed by atoms with Gasteiger partial charge in [0, 0.05) is 18.1 Å². The molecule has 3 atom stereocenters. The van der Waals surface area contributed by atoms with Crippen LogP contribution in [0.2, 0.25) is 0 Å². The average Bonchev–Trinajstić information content (AvgIpc) is 2.84. The number of hydrogen-bond acceptors (Lipinski definition) is 2. The lowest BCUT2D eigenvalue weighted by Gasteiger charge is -2.43. The molecule has 1 aliphatic carbocycles. The second-order valence-electron chi connectivity index (χ2n) is 6.42. The molecule has 2 N–H and O–H groups in total. The van der Waals surface area contributed by atoms with Gasteiger partial charge >= 0.3 is 0 Å². The van der Waals surface area contributed by atoms with Crippen LogP contribution in [0.15, 0.2) is 0 Å². The van der Waals surface area contributed by atoms with Gasteiger partial charge in [-0.2, -0.15) is 0 Å². The van der Waals surface area contributed by atoms with E-state index in [4.69, 9.17) is 5.73 Å². The highest BCUT2D eigenvalue weighted by molar-refractivity contribution is 5.02. The molecule has 2 heteroatoms. The van der Waals surface area contributed by atoms with Gasteiger partial charge in [0.05, 0.1) is 0 Å². The third-order valence-electron chi connectivity index (χ3n) is 4.89. The maximum Gasteiger partial charge on any atom is 0.0337 e. The number of nitrogens with zero attached hydrogens (tertiary/aromatic N) is 1. The molecule has 0 aromatic heterocycles. The Morgan fingerprint density at radius 2 is 2.12 bits per heavy atom. The maximum atomic E-state index is 6.13. The standard InChI is InChI=1S/C14H28N2/c1-11(2)13-5-4-8-16(13)14(10-15)7-6-12(3)9-14/h11-13H,4-10,15H2,1-3H3. The van der Waals surface area contributed by atoms with E-state index in [1.807, 2.05) is 0 Å². The third-order valence-corrected chi connectivity index (χ3v) is 4.89. The van der Waals surface area contributed by atoms with Crippen LogP contribution in [0.1, 0.15) is 52.9 Å². The summed E-state index contributed by atoms with van der Waals surface area (Å²) in [6.45, 7) is 9.27. The molecule has 2 fully saturated rings. The summed E-state index contributed by atoms with van der Waals surface area (Å²) >= 11 is 0. The molecule has 0 spiro atoms. The summed E-state index contributed by atoms with van der Waals surface area (Å²) in [5, 5.41) is 0. The largest absolute Gasteiger partial charge is 0.329 e. The molecule has 2 aliphatic rings. The van der Waals surface area contributed by atoms with Crippen LogP contribution in [-0.4, -0.2) is 29.6 Å². The Kier molecular flexibility index (Phi) is 3.60. The van der Waals surface area contributed by atoms with Crippen LogP contribution >= 0.6 is 0 Å². The fraction of sp³-hybridized carbons (Fsp3) is 1.00. The molecule has 0 aromatic carbocycles. The molecule has 2 rings (SSSR count). The first-order chi connectivity index (χ1) is 7.59. The normalized spacial score (nSPS) is 41.1. The molecule has 2 nitrogen and oxygen atoms in total. The van der Waals surface area contributed by atoms with E-state index in [-0.39, 0.29) is 0 Å². The van der Waals surface area contributed by atoms with Crippen LogP contribution in [-0.2, 0) is 0 Å². The van der Waals surface area contributed by atoms with E-state index >= 15 is 0 Å². The van der Waals surface area contributed by atoms with Gasteiger partial charge in [-0.15, -0.1) is 0 Å². The first kappa shape index (κ1) is 12.4. The number of nitrogens with two attached hydrogens (primary N) is 1. The lowest BCUT2D eigenvalue weighted by molar-refractivity contribution is 0.0617. The van der Waals surface area contributed by atoms with E-state index in [0.717, 1.165) is 24.4 Å². The molecule has 1 aliphatic heterocycles. The maximum absolute atomic E-state index is 6.13. The summed E-state index contributed by atoms with van der Waals surface area (Å²) in [6, 6.07) is 0.786. The van der Waals surface area contributed by atoms with Crippen molar-refractivity contribution in [3.05, 3.63) is 0 Å². The minimum absolute atomic E-state index is 0.352. The molecule has 0 radical (unpaired) electrons. The third kappa shape index (κ3) is 2.02. The smallest absolute Gasteiger partial charge is 0.0337 e. The van der Waals surface area contributed by atoms with Gasteiger partial charge in [-0.25, -0.2) is 0 Å². The van der Waals surface area contributed by atoms with Crippen LogP contribution in [0, 0.1) is 11.8 Å². The van der Waals surface area contributed by atoms with Gasteiger partial charge in [-0.1, -0.05) is 20.8 Å². The van der Waals surface area contributed by atoms with Crippen molar-refractivity contribution in [1.29, 1.82) is 0 Å². The van der Waals surface area contributed by atoms with Crippen molar-refractivity contribution < 1.29 is 0 Å². The molecule has 0 aromatic rings. The van der Waals surface area contributed by atoms with Crippen LogP contribution in [0.5, 0.6) is 0 Å². The summed E-state index contributed by atoms with van der Waals surface area (Å²) in [7, 11) is 0. The minimum atomic E-state index is 0.352. The highest BCUT2D eigenvalue weighted by Gasteiger charge is 2.46.